The maximum atomic E-state index is 13.1. The third kappa shape index (κ3) is 5.50. The lowest BCUT2D eigenvalue weighted by atomic mass is 10.1. The van der Waals surface area contributed by atoms with E-state index in [0.29, 0.717) is 18.5 Å². The van der Waals surface area contributed by atoms with E-state index in [1.54, 1.807) is 6.92 Å². The van der Waals surface area contributed by atoms with Crippen molar-refractivity contribution in [3.05, 3.63) is 29.8 Å². The maximum Gasteiger partial charge on any atom is 0.338 e. The monoisotopic (exact) mass is 397 g/mol. The Labute approximate surface area is 160 Å². The van der Waals surface area contributed by atoms with E-state index in [0.717, 1.165) is 12.8 Å². The van der Waals surface area contributed by atoms with Gasteiger partial charge in [0, 0.05) is 32.1 Å². The molecular weight excluding hydrogens is 370 g/mol. The van der Waals surface area contributed by atoms with Gasteiger partial charge in [-0.25, -0.2) is 13.2 Å². The Hall–Kier alpha value is -1.97. The molecule has 1 aliphatic rings. The molecule has 0 bridgehead atoms. The van der Waals surface area contributed by atoms with E-state index in [4.69, 9.17) is 10.5 Å². The molecule has 2 rings (SSSR count). The number of esters is 1. The molecule has 0 spiro atoms. The average Bonchev–Trinajstić information content (AvgIpc) is 2.67. The van der Waals surface area contributed by atoms with Crippen LogP contribution in [-0.2, 0) is 19.6 Å². The number of sulfonamides is 1. The molecule has 150 valence electrons. The highest BCUT2D eigenvalue weighted by atomic mass is 32.2. The lowest BCUT2D eigenvalue weighted by Gasteiger charge is -2.34. The first-order valence-electron chi connectivity index (χ1n) is 9.16. The predicted molar refractivity (Wildman–Crippen MR) is 101 cm³/mol. The molecule has 0 saturated carbocycles. The number of benzene rings is 1. The highest BCUT2D eigenvalue weighted by Gasteiger charge is 2.33. The van der Waals surface area contributed by atoms with E-state index in [1.165, 1.54) is 28.6 Å². The Kier molecular flexibility index (Phi) is 7.76. The summed E-state index contributed by atoms with van der Waals surface area (Å²) in [5.74, 6) is -0.667. The van der Waals surface area contributed by atoms with Gasteiger partial charge in [0.1, 0.15) is 0 Å². The second-order valence-electron chi connectivity index (χ2n) is 6.35. The number of amides is 1. The van der Waals surface area contributed by atoms with Gasteiger partial charge in [0.25, 0.3) is 0 Å². The van der Waals surface area contributed by atoms with Crippen LogP contribution in [0, 0.1) is 0 Å². The van der Waals surface area contributed by atoms with Crippen molar-refractivity contribution in [3.63, 3.8) is 0 Å². The van der Waals surface area contributed by atoms with Gasteiger partial charge in [-0.3, -0.25) is 4.79 Å². The molecule has 0 aromatic heterocycles. The van der Waals surface area contributed by atoms with Crippen LogP contribution in [0.3, 0.4) is 0 Å². The Balaban J connectivity index is 2.14. The van der Waals surface area contributed by atoms with Gasteiger partial charge >= 0.3 is 5.97 Å². The van der Waals surface area contributed by atoms with Gasteiger partial charge in [0.2, 0.25) is 15.9 Å². The standard InChI is InChI=1S/C18H27N3O5S/c1-2-26-18(23)14-6-8-16(9-7-14)27(24,25)21-12-4-3-5-15(21)13-20-17(22)10-11-19/h6-9,15H,2-5,10-13,19H2,1H3,(H,20,22). The van der Waals surface area contributed by atoms with Gasteiger partial charge in [0.15, 0.2) is 0 Å². The number of carbonyl (C=O) groups is 2. The number of carbonyl (C=O) groups excluding carboxylic acids is 2. The number of rotatable bonds is 8. The van der Waals surface area contributed by atoms with Gasteiger partial charge in [-0.05, 0) is 44.0 Å². The second-order valence-corrected chi connectivity index (χ2v) is 8.24. The molecule has 1 saturated heterocycles. The minimum atomic E-state index is -3.72. The number of piperidine rings is 1. The Morgan fingerprint density at radius 3 is 2.59 bits per heavy atom. The molecule has 0 aliphatic carbocycles. The summed E-state index contributed by atoms with van der Waals surface area (Å²) in [6.45, 7) is 2.88. The van der Waals surface area contributed by atoms with Gasteiger partial charge in [-0.2, -0.15) is 4.31 Å². The van der Waals surface area contributed by atoms with Crippen molar-refractivity contribution in [3.8, 4) is 0 Å². The molecule has 1 amide bonds. The summed E-state index contributed by atoms with van der Waals surface area (Å²) in [6.07, 6.45) is 2.58. The number of ether oxygens (including phenoxy) is 1. The molecule has 1 aromatic rings. The van der Waals surface area contributed by atoms with Crippen LogP contribution in [0.4, 0.5) is 0 Å². The molecule has 9 heteroatoms. The van der Waals surface area contributed by atoms with Gasteiger partial charge in [-0.1, -0.05) is 6.42 Å². The molecule has 1 aliphatic heterocycles. The van der Waals surface area contributed by atoms with Gasteiger partial charge in [0.05, 0.1) is 17.1 Å². The van der Waals surface area contributed by atoms with Crippen LogP contribution in [0.1, 0.15) is 43.0 Å². The summed E-state index contributed by atoms with van der Waals surface area (Å²) in [7, 11) is -3.72. The van der Waals surface area contributed by atoms with Crippen LogP contribution in [0.15, 0.2) is 29.2 Å². The van der Waals surface area contributed by atoms with Crippen LogP contribution >= 0.6 is 0 Å². The molecule has 1 atom stereocenters. The minimum Gasteiger partial charge on any atom is -0.462 e. The van der Waals surface area contributed by atoms with Crippen LogP contribution in [0.25, 0.3) is 0 Å². The zero-order chi connectivity index (χ0) is 19.9. The van der Waals surface area contributed by atoms with Crippen molar-refractivity contribution in [2.24, 2.45) is 5.73 Å². The Bertz CT molecular complexity index is 749. The number of nitrogens with two attached hydrogens (primary N) is 1. The zero-order valence-corrected chi connectivity index (χ0v) is 16.3. The van der Waals surface area contributed by atoms with Crippen LogP contribution < -0.4 is 11.1 Å². The highest BCUT2D eigenvalue weighted by molar-refractivity contribution is 7.89. The fraction of sp³-hybridized carbons (Fsp3) is 0.556. The van der Waals surface area contributed by atoms with Crippen molar-refractivity contribution >= 4 is 21.9 Å². The summed E-state index contributed by atoms with van der Waals surface area (Å²) in [4.78, 5) is 23.5. The van der Waals surface area contributed by atoms with Crippen LogP contribution in [0.2, 0.25) is 0 Å². The first kappa shape index (κ1) is 21.3. The van der Waals surface area contributed by atoms with E-state index in [2.05, 4.69) is 5.32 Å². The highest BCUT2D eigenvalue weighted by Crippen LogP contribution is 2.25. The average molecular weight is 397 g/mol. The largest absolute Gasteiger partial charge is 0.462 e. The number of hydrogen-bond donors (Lipinski definition) is 2. The quantitative estimate of drug-likeness (QED) is 0.628. The lowest BCUT2D eigenvalue weighted by molar-refractivity contribution is -0.121. The van der Waals surface area contributed by atoms with Crippen molar-refractivity contribution in [1.82, 2.24) is 9.62 Å². The Morgan fingerprint density at radius 1 is 1.26 bits per heavy atom. The zero-order valence-electron chi connectivity index (χ0n) is 15.5. The topological polar surface area (TPSA) is 119 Å². The third-order valence-corrected chi connectivity index (χ3v) is 6.42. The fourth-order valence-electron chi connectivity index (χ4n) is 3.06. The van der Waals surface area contributed by atoms with Gasteiger partial charge in [-0.15, -0.1) is 0 Å². The first-order valence-corrected chi connectivity index (χ1v) is 10.6. The molecule has 3 N–H and O–H groups in total. The smallest absolute Gasteiger partial charge is 0.338 e. The van der Waals surface area contributed by atoms with Crippen molar-refractivity contribution in [2.75, 3.05) is 26.2 Å². The molecule has 1 unspecified atom stereocenters. The van der Waals surface area contributed by atoms with E-state index in [1.807, 2.05) is 0 Å². The summed E-state index contributed by atoms with van der Waals surface area (Å²) in [5, 5.41) is 2.76. The van der Waals surface area contributed by atoms with Crippen molar-refractivity contribution in [1.29, 1.82) is 0 Å². The second kappa shape index (κ2) is 9.82. The van der Waals surface area contributed by atoms with Crippen molar-refractivity contribution < 1.29 is 22.7 Å². The van der Waals surface area contributed by atoms with E-state index < -0.39 is 16.0 Å². The minimum absolute atomic E-state index is 0.121. The molecule has 1 fully saturated rings. The van der Waals surface area contributed by atoms with Crippen LogP contribution in [0.5, 0.6) is 0 Å². The first-order chi connectivity index (χ1) is 12.9. The number of nitrogens with zero attached hydrogens (tertiary/aromatic N) is 1. The SMILES string of the molecule is CCOC(=O)c1ccc(S(=O)(=O)N2CCCCC2CNC(=O)CCN)cc1. The van der Waals surface area contributed by atoms with Crippen molar-refractivity contribution in [2.45, 2.75) is 43.5 Å². The summed E-state index contributed by atoms with van der Waals surface area (Å²) >= 11 is 0. The van der Waals surface area contributed by atoms with Gasteiger partial charge < -0.3 is 15.8 Å². The summed E-state index contributed by atoms with van der Waals surface area (Å²) in [6, 6.07) is 5.44. The number of hydrogen-bond acceptors (Lipinski definition) is 6. The Morgan fingerprint density at radius 2 is 1.96 bits per heavy atom. The molecule has 27 heavy (non-hydrogen) atoms. The predicted octanol–water partition coefficient (Wildman–Crippen LogP) is 0.872. The molecular formula is C18H27N3O5S. The summed E-state index contributed by atoms with van der Waals surface area (Å²) < 4.78 is 32.5. The summed E-state index contributed by atoms with van der Waals surface area (Å²) in [5.41, 5.74) is 5.67. The normalized spacial score (nSPS) is 18.1. The fourth-order valence-corrected chi connectivity index (χ4v) is 4.75. The molecule has 8 nitrogen and oxygen atoms in total. The molecule has 1 aromatic carbocycles. The van der Waals surface area contributed by atoms with E-state index in [9.17, 15) is 18.0 Å². The third-order valence-electron chi connectivity index (χ3n) is 4.45. The molecule has 1 heterocycles. The maximum absolute atomic E-state index is 13.1. The van der Waals surface area contributed by atoms with E-state index in [-0.39, 0.29) is 43.0 Å². The van der Waals surface area contributed by atoms with Crippen LogP contribution in [-0.4, -0.2) is 56.9 Å². The lowest BCUT2D eigenvalue weighted by Crippen LogP contribution is -2.49. The number of nitrogens with one attached hydrogen (secondary N) is 1. The molecule has 0 radical (unpaired) electrons. The van der Waals surface area contributed by atoms with E-state index >= 15 is 0 Å².